The smallest absolute Gasteiger partial charge is 0.462 e. The summed E-state index contributed by atoms with van der Waals surface area (Å²) in [5.74, 6) is -1.33. The lowest BCUT2D eigenvalue weighted by Crippen LogP contribution is -2.30. The summed E-state index contributed by atoms with van der Waals surface area (Å²) in [5.41, 5.74) is 0. The van der Waals surface area contributed by atoms with Crippen LogP contribution in [0.1, 0.15) is 356 Å². The van der Waals surface area contributed by atoms with Crippen LogP contribution in [0.3, 0.4) is 0 Å². The summed E-state index contributed by atoms with van der Waals surface area (Å²) in [4.78, 5) is 72.3. The molecule has 0 aromatic heterocycles. The van der Waals surface area contributed by atoms with Crippen molar-refractivity contribution in [1.82, 2.24) is 0 Å². The molecule has 88 heavy (non-hydrogen) atoms. The summed E-state index contributed by atoms with van der Waals surface area (Å²) in [7, 11) is -9.89. The van der Waals surface area contributed by atoms with E-state index in [0.29, 0.717) is 25.7 Å². The zero-order valence-corrected chi connectivity index (χ0v) is 58.6. The van der Waals surface area contributed by atoms with Gasteiger partial charge in [0.05, 0.1) is 26.4 Å². The number of hydrogen-bond donors (Lipinski definition) is 3. The van der Waals surface area contributed by atoms with Gasteiger partial charge in [0.25, 0.3) is 0 Å². The Morgan fingerprint density at radius 1 is 0.307 bits per heavy atom. The summed E-state index contributed by atoms with van der Waals surface area (Å²) < 4.78 is 68.1. The lowest BCUT2D eigenvalue weighted by molar-refractivity contribution is -0.161. The number of esters is 4. The second-order valence-electron chi connectivity index (χ2n) is 25.4. The number of unbranched alkanes of at least 4 members (excludes halogenated alkanes) is 41. The van der Waals surface area contributed by atoms with Crippen LogP contribution in [0, 0.1) is 5.92 Å². The molecule has 0 aliphatic rings. The van der Waals surface area contributed by atoms with Crippen molar-refractivity contribution in [2.75, 3.05) is 39.6 Å². The van der Waals surface area contributed by atoms with Crippen molar-refractivity contribution < 1.29 is 80.2 Å². The van der Waals surface area contributed by atoms with E-state index >= 15 is 0 Å². The largest absolute Gasteiger partial charge is 0.472 e. The molecule has 3 N–H and O–H groups in total. The van der Waals surface area contributed by atoms with Gasteiger partial charge >= 0.3 is 39.5 Å². The maximum Gasteiger partial charge on any atom is 0.472 e. The van der Waals surface area contributed by atoms with Crippen molar-refractivity contribution in [1.29, 1.82) is 0 Å². The highest BCUT2D eigenvalue weighted by molar-refractivity contribution is 7.47. The number of carbonyl (C=O) groups excluding carboxylic acids is 4. The highest BCUT2D eigenvalue weighted by Gasteiger charge is 2.30. The molecule has 19 heteroatoms. The van der Waals surface area contributed by atoms with Crippen molar-refractivity contribution in [2.24, 2.45) is 5.92 Å². The van der Waals surface area contributed by atoms with E-state index in [1.54, 1.807) is 0 Å². The molecule has 0 aliphatic carbocycles. The van der Waals surface area contributed by atoms with Crippen LogP contribution in [-0.2, 0) is 65.4 Å². The van der Waals surface area contributed by atoms with Gasteiger partial charge in [0.2, 0.25) is 0 Å². The highest BCUT2D eigenvalue weighted by Crippen LogP contribution is 2.45. The molecule has 0 spiro atoms. The highest BCUT2D eigenvalue weighted by atomic mass is 31.2. The second kappa shape index (κ2) is 62.5. The Hall–Kier alpha value is -1.94. The van der Waals surface area contributed by atoms with Gasteiger partial charge in [-0.3, -0.25) is 37.3 Å². The van der Waals surface area contributed by atoms with E-state index in [1.165, 1.54) is 167 Å². The van der Waals surface area contributed by atoms with E-state index in [1.807, 2.05) is 0 Å². The average molecular weight is 1300 g/mol. The van der Waals surface area contributed by atoms with E-state index in [2.05, 4.69) is 34.6 Å². The van der Waals surface area contributed by atoms with Gasteiger partial charge < -0.3 is 33.8 Å². The summed E-state index contributed by atoms with van der Waals surface area (Å²) in [6, 6.07) is 0. The Morgan fingerprint density at radius 3 is 0.773 bits per heavy atom. The fraction of sp³-hybridized carbons (Fsp3) is 0.942. The lowest BCUT2D eigenvalue weighted by Gasteiger charge is -2.21. The van der Waals surface area contributed by atoms with Crippen molar-refractivity contribution >= 4 is 39.5 Å². The molecule has 0 saturated carbocycles. The first kappa shape index (κ1) is 86.1. The third-order valence-electron chi connectivity index (χ3n) is 16.0. The zero-order valence-electron chi connectivity index (χ0n) is 56.9. The summed E-state index contributed by atoms with van der Waals surface area (Å²) >= 11 is 0. The normalized spacial score (nSPS) is 14.1. The number of rotatable bonds is 69. The molecule has 0 amide bonds. The van der Waals surface area contributed by atoms with Crippen LogP contribution in [0.25, 0.3) is 0 Å². The van der Waals surface area contributed by atoms with Crippen molar-refractivity contribution in [3.63, 3.8) is 0 Å². The van der Waals surface area contributed by atoms with Gasteiger partial charge in [-0.2, -0.15) is 0 Å². The van der Waals surface area contributed by atoms with Crippen LogP contribution in [0.4, 0.5) is 0 Å². The third-order valence-corrected chi connectivity index (χ3v) is 17.9. The number of aliphatic hydroxyl groups is 1. The number of phosphoric ester groups is 2. The fourth-order valence-electron chi connectivity index (χ4n) is 10.5. The van der Waals surface area contributed by atoms with E-state index in [9.17, 15) is 43.2 Å². The van der Waals surface area contributed by atoms with Crippen molar-refractivity contribution in [3.8, 4) is 0 Å². The summed E-state index contributed by atoms with van der Waals surface area (Å²) in [5, 5.41) is 10.6. The molecule has 17 nitrogen and oxygen atoms in total. The second-order valence-corrected chi connectivity index (χ2v) is 28.3. The molecular formula is C69H134O17P2. The Labute approximate surface area is 537 Å². The minimum absolute atomic E-state index is 0.106. The van der Waals surface area contributed by atoms with Crippen molar-refractivity contribution in [3.05, 3.63) is 0 Å². The number of phosphoric acid groups is 2. The average Bonchev–Trinajstić information content (AvgIpc) is 3.71. The monoisotopic (exact) mass is 1300 g/mol. The summed E-state index contributed by atoms with van der Waals surface area (Å²) in [6.07, 6.45) is 48.7. The van der Waals surface area contributed by atoms with E-state index in [4.69, 9.17) is 37.0 Å². The van der Waals surface area contributed by atoms with E-state index in [-0.39, 0.29) is 25.7 Å². The Kier molecular flexibility index (Phi) is 61.1. The zero-order chi connectivity index (χ0) is 64.9. The van der Waals surface area contributed by atoms with Gasteiger partial charge in [-0.15, -0.1) is 0 Å². The number of ether oxygens (including phenoxy) is 4. The first-order valence-corrected chi connectivity index (χ1v) is 39.1. The minimum Gasteiger partial charge on any atom is -0.462 e. The number of aliphatic hydroxyl groups excluding tert-OH is 1. The Balaban J connectivity index is 5.18. The topological polar surface area (TPSA) is 237 Å². The van der Waals surface area contributed by atoms with Gasteiger partial charge in [-0.1, -0.05) is 304 Å². The molecule has 2 unspecified atom stereocenters. The van der Waals surface area contributed by atoms with Gasteiger partial charge in [0, 0.05) is 25.7 Å². The molecule has 522 valence electrons. The molecule has 5 atom stereocenters. The van der Waals surface area contributed by atoms with Gasteiger partial charge in [0.15, 0.2) is 12.2 Å². The van der Waals surface area contributed by atoms with Crippen molar-refractivity contribution in [2.45, 2.75) is 374 Å². The predicted octanol–water partition coefficient (Wildman–Crippen LogP) is 19.7. The van der Waals surface area contributed by atoms with Crippen LogP contribution in [0.15, 0.2) is 0 Å². The van der Waals surface area contributed by atoms with E-state index < -0.39 is 97.5 Å². The summed E-state index contributed by atoms with van der Waals surface area (Å²) in [6.45, 7) is 7.21. The molecule has 0 bridgehead atoms. The van der Waals surface area contributed by atoms with Crippen LogP contribution < -0.4 is 0 Å². The first-order valence-electron chi connectivity index (χ1n) is 36.1. The van der Waals surface area contributed by atoms with E-state index in [0.717, 1.165) is 109 Å². The molecule has 0 saturated heterocycles. The number of carbonyl (C=O) groups is 4. The molecule has 0 fully saturated rings. The molecule has 0 aromatic rings. The predicted molar refractivity (Wildman–Crippen MR) is 354 cm³/mol. The van der Waals surface area contributed by atoms with Crippen LogP contribution in [0.2, 0.25) is 0 Å². The maximum absolute atomic E-state index is 13.0. The third kappa shape index (κ3) is 62.8. The van der Waals surface area contributed by atoms with Gasteiger partial charge in [-0.25, -0.2) is 9.13 Å². The van der Waals surface area contributed by atoms with Gasteiger partial charge in [-0.05, 0) is 31.6 Å². The quantitative estimate of drug-likeness (QED) is 0.0222. The molecular weight excluding hydrogens is 1160 g/mol. The molecule has 0 heterocycles. The van der Waals surface area contributed by atoms with Crippen LogP contribution in [-0.4, -0.2) is 96.7 Å². The first-order chi connectivity index (χ1) is 42.5. The fourth-order valence-corrected chi connectivity index (χ4v) is 12.0. The SMILES string of the molecule is CCCCCCCCCCCCCCCCCC(=O)OC[C@H](COP(=O)(O)OC[C@@H](O)COP(=O)(O)OC[C@@H](COC(=O)CCCCCCCCC)OC(=O)CCCCCCCCCCC)OC(=O)CCCCCCCCCCCCCCCCC(C)C. The molecule has 0 radical (unpaired) electrons. The Morgan fingerprint density at radius 2 is 0.523 bits per heavy atom. The standard InChI is InChI=1S/C69H134O17P2/c1-6-9-12-15-18-20-21-22-23-27-30-34-38-43-48-53-67(72)80-59-65(86-69(74)55-50-45-40-35-31-28-25-24-26-29-33-37-41-46-51-62(4)5)61-84-88(77,78)82-57-63(70)56-81-87(75,76)83-60-64(58-79-66(71)52-47-42-36-17-14-11-8-3)85-68(73)54-49-44-39-32-19-16-13-10-7-2/h62-65,70H,6-61H2,1-5H3,(H,75,76)(H,77,78)/t63-,64+,65+/m0/s1. The van der Waals surface area contributed by atoms with Gasteiger partial charge in [0.1, 0.15) is 19.3 Å². The van der Waals surface area contributed by atoms with Crippen LogP contribution >= 0.6 is 15.6 Å². The molecule has 0 rings (SSSR count). The minimum atomic E-state index is -4.95. The maximum atomic E-state index is 13.0. The Bertz CT molecular complexity index is 1700. The molecule has 0 aliphatic heterocycles. The molecule has 0 aromatic carbocycles. The number of hydrogen-bond acceptors (Lipinski definition) is 15. The lowest BCUT2D eigenvalue weighted by atomic mass is 10.0. The van der Waals surface area contributed by atoms with Crippen LogP contribution in [0.5, 0.6) is 0 Å².